The summed E-state index contributed by atoms with van der Waals surface area (Å²) in [6, 6.07) is 1.91. The van der Waals surface area contributed by atoms with Crippen molar-refractivity contribution in [2.24, 2.45) is 5.11 Å². The van der Waals surface area contributed by atoms with Crippen molar-refractivity contribution in [1.29, 1.82) is 0 Å². The molecule has 0 atom stereocenters. The molecule has 6 nitrogen and oxygen atoms in total. The summed E-state index contributed by atoms with van der Waals surface area (Å²) >= 11 is 0. The van der Waals surface area contributed by atoms with Crippen molar-refractivity contribution in [1.82, 2.24) is 4.98 Å². The Labute approximate surface area is 131 Å². The summed E-state index contributed by atoms with van der Waals surface area (Å²) in [6.45, 7) is 8.42. The number of rotatable bonds is 3. The molecular formula is C15H19BN4O2. The van der Waals surface area contributed by atoms with Gasteiger partial charge in [-0.25, -0.2) is 0 Å². The largest absolute Gasteiger partial charge is 0.496 e. The highest BCUT2D eigenvalue weighted by molar-refractivity contribution is 6.62. The monoisotopic (exact) mass is 298 g/mol. The van der Waals surface area contributed by atoms with Crippen LogP contribution >= 0.6 is 0 Å². The molecule has 1 aromatic rings. The highest BCUT2D eigenvalue weighted by atomic mass is 16.7. The van der Waals surface area contributed by atoms with Gasteiger partial charge in [0.1, 0.15) is 0 Å². The SMILES string of the molecule is CC1(C)OB(c2cncc(C#CCCN=[N+]=[N-])c2)OC1(C)C. The minimum atomic E-state index is -0.442. The van der Waals surface area contributed by atoms with E-state index in [1.165, 1.54) is 0 Å². The number of pyridine rings is 1. The Bertz CT molecular complexity index is 641. The molecule has 0 spiro atoms. The van der Waals surface area contributed by atoms with E-state index in [0.717, 1.165) is 11.0 Å². The van der Waals surface area contributed by atoms with Gasteiger partial charge in [0.05, 0.1) is 11.2 Å². The molecule has 7 heteroatoms. The smallest absolute Gasteiger partial charge is 0.399 e. The van der Waals surface area contributed by atoms with Gasteiger partial charge in [-0.05, 0) is 39.3 Å². The van der Waals surface area contributed by atoms with Crippen LogP contribution in [0.5, 0.6) is 0 Å². The Balaban J connectivity index is 2.11. The highest BCUT2D eigenvalue weighted by Crippen LogP contribution is 2.36. The number of azide groups is 1. The second-order valence-corrected chi connectivity index (χ2v) is 6.10. The third-order valence-electron chi connectivity index (χ3n) is 3.92. The number of nitrogens with zero attached hydrogens (tertiary/aromatic N) is 4. The summed E-state index contributed by atoms with van der Waals surface area (Å²) in [5.41, 5.74) is 9.07. The van der Waals surface area contributed by atoms with Gasteiger partial charge in [-0.3, -0.25) is 4.98 Å². The van der Waals surface area contributed by atoms with Crippen LogP contribution < -0.4 is 5.46 Å². The summed E-state index contributed by atoms with van der Waals surface area (Å²) in [4.78, 5) is 6.88. The fourth-order valence-electron chi connectivity index (χ4n) is 1.95. The van der Waals surface area contributed by atoms with Gasteiger partial charge in [-0.15, -0.1) is 0 Å². The zero-order chi connectivity index (χ0) is 16.2. The van der Waals surface area contributed by atoms with Crippen LogP contribution in [0.4, 0.5) is 0 Å². The summed E-state index contributed by atoms with van der Waals surface area (Å²) in [5.74, 6) is 5.95. The lowest BCUT2D eigenvalue weighted by atomic mass is 9.80. The van der Waals surface area contributed by atoms with Crippen molar-refractivity contribution in [3.8, 4) is 11.8 Å². The van der Waals surface area contributed by atoms with Gasteiger partial charge < -0.3 is 9.31 Å². The van der Waals surface area contributed by atoms with Crippen LogP contribution in [0.15, 0.2) is 23.6 Å². The minimum Gasteiger partial charge on any atom is -0.399 e. The lowest BCUT2D eigenvalue weighted by Gasteiger charge is -2.32. The van der Waals surface area contributed by atoms with Crippen LogP contribution in [0.2, 0.25) is 0 Å². The van der Waals surface area contributed by atoms with Gasteiger partial charge in [-0.1, -0.05) is 17.0 Å². The fourth-order valence-corrected chi connectivity index (χ4v) is 1.95. The quantitative estimate of drug-likeness (QED) is 0.215. The summed E-state index contributed by atoms with van der Waals surface area (Å²) < 4.78 is 12.0. The van der Waals surface area contributed by atoms with E-state index in [9.17, 15) is 0 Å². The average Bonchev–Trinajstić information content (AvgIpc) is 2.68. The predicted molar refractivity (Wildman–Crippen MR) is 85.5 cm³/mol. The first-order chi connectivity index (χ1) is 10.4. The molecule has 1 saturated heterocycles. The van der Waals surface area contributed by atoms with Crippen LogP contribution in [0, 0.1) is 11.8 Å². The van der Waals surface area contributed by atoms with E-state index in [1.54, 1.807) is 12.4 Å². The fraction of sp³-hybridized carbons (Fsp3) is 0.533. The molecule has 0 bridgehead atoms. The van der Waals surface area contributed by atoms with Crippen molar-refractivity contribution < 1.29 is 9.31 Å². The number of hydrogen-bond donors (Lipinski definition) is 0. The predicted octanol–water partition coefficient (Wildman–Crippen LogP) is 2.43. The molecule has 2 rings (SSSR count). The Morgan fingerprint density at radius 2 is 1.95 bits per heavy atom. The molecule has 22 heavy (non-hydrogen) atoms. The zero-order valence-corrected chi connectivity index (χ0v) is 13.3. The molecule has 114 valence electrons. The third-order valence-corrected chi connectivity index (χ3v) is 3.92. The topological polar surface area (TPSA) is 80.1 Å². The molecule has 0 radical (unpaired) electrons. The standard InChI is InChI=1S/C15H19BN4O2/c1-14(2)15(3,4)22-16(21-14)13-9-12(10-18-11-13)7-5-6-8-19-20-17/h9-11H,6,8H2,1-4H3. The molecule has 1 aliphatic heterocycles. The normalized spacial score (nSPS) is 18.3. The Morgan fingerprint density at radius 1 is 1.27 bits per heavy atom. The van der Waals surface area contributed by atoms with E-state index in [1.807, 2.05) is 33.8 Å². The first-order valence-electron chi connectivity index (χ1n) is 7.16. The first kappa shape index (κ1) is 16.4. The lowest BCUT2D eigenvalue weighted by Crippen LogP contribution is -2.41. The maximum Gasteiger partial charge on any atom is 0.496 e. The van der Waals surface area contributed by atoms with E-state index in [0.29, 0.717) is 13.0 Å². The average molecular weight is 298 g/mol. The second kappa shape index (κ2) is 6.41. The van der Waals surface area contributed by atoms with Crippen LogP contribution in [0.1, 0.15) is 39.7 Å². The molecule has 0 aromatic carbocycles. The lowest BCUT2D eigenvalue weighted by molar-refractivity contribution is 0.00578. The van der Waals surface area contributed by atoms with Gasteiger partial charge in [0.2, 0.25) is 0 Å². The van der Waals surface area contributed by atoms with E-state index >= 15 is 0 Å². The number of aromatic nitrogens is 1. The highest BCUT2D eigenvalue weighted by Gasteiger charge is 2.51. The van der Waals surface area contributed by atoms with E-state index in [2.05, 4.69) is 26.9 Å². The summed E-state index contributed by atoms with van der Waals surface area (Å²) in [7, 11) is -0.442. The summed E-state index contributed by atoms with van der Waals surface area (Å²) in [5, 5.41) is 3.44. The zero-order valence-electron chi connectivity index (χ0n) is 13.3. The maximum absolute atomic E-state index is 8.20. The van der Waals surface area contributed by atoms with Crippen molar-refractivity contribution in [3.05, 3.63) is 34.5 Å². The van der Waals surface area contributed by atoms with Gasteiger partial charge in [0, 0.05) is 41.3 Å². The maximum atomic E-state index is 8.20. The Kier molecular flexibility index (Phi) is 4.77. The third kappa shape index (κ3) is 3.60. The van der Waals surface area contributed by atoms with Gasteiger partial charge >= 0.3 is 7.12 Å². The molecule has 0 unspecified atom stereocenters. The van der Waals surface area contributed by atoms with Crippen molar-refractivity contribution in [2.45, 2.75) is 45.3 Å². The van der Waals surface area contributed by atoms with Gasteiger partial charge in [-0.2, -0.15) is 0 Å². The van der Waals surface area contributed by atoms with E-state index in [-0.39, 0.29) is 11.2 Å². The van der Waals surface area contributed by atoms with E-state index < -0.39 is 7.12 Å². The molecule has 1 aromatic heterocycles. The molecule has 1 aliphatic rings. The molecule has 0 saturated carbocycles. The molecule has 0 aliphatic carbocycles. The minimum absolute atomic E-state index is 0.369. The first-order valence-corrected chi connectivity index (χ1v) is 7.16. The Hall–Kier alpha value is -2.00. The van der Waals surface area contributed by atoms with Crippen LogP contribution in [0.25, 0.3) is 10.4 Å². The molecule has 2 heterocycles. The number of hydrogen-bond acceptors (Lipinski definition) is 4. The van der Waals surface area contributed by atoms with Crippen molar-refractivity contribution >= 4 is 12.6 Å². The molecule has 0 N–H and O–H groups in total. The van der Waals surface area contributed by atoms with Gasteiger partial charge in [0.15, 0.2) is 0 Å². The molecular weight excluding hydrogens is 279 g/mol. The molecule has 1 fully saturated rings. The van der Waals surface area contributed by atoms with Crippen molar-refractivity contribution in [3.63, 3.8) is 0 Å². The van der Waals surface area contributed by atoms with Crippen LogP contribution in [-0.2, 0) is 9.31 Å². The molecule has 0 amide bonds. The Morgan fingerprint density at radius 3 is 2.59 bits per heavy atom. The van der Waals surface area contributed by atoms with Crippen LogP contribution in [-0.4, -0.2) is 29.8 Å². The summed E-state index contributed by atoms with van der Waals surface area (Å²) in [6.07, 6.45) is 3.94. The second-order valence-electron chi connectivity index (χ2n) is 6.10. The van der Waals surface area contributed by atoms with Crippen molar-refractivity contribution in [2.75, 3.05) is 6.54 Å². The van der Waals surface area contributed by atoms with Gasteiger partial charge in [0.25, 0.3) is 0 Å². The van der Waals surface area contributed by atoms with E-state index in [4.69, 9.17) is 14.8 Å². The van der Waals surface area contributed by atoms with Crippen LogP contribution in [0.3, 0.4) is 0 Å².